The van der Waals surface area contributed by atoms with Gasteiger partial charge in [-0.1, -0.05) is 0 Å². The van der Waals surface area contributed by atoms with Gasteiger partial charge >= 0.3 is 5.97 Å². The number of alkyl halides is 2. The topological polar surface area (TPSA) is 149 Å². The third-order valence-electron chi connectivity index (χ3n) is 9.27. The van der Waals surface area contributed by atoms with Crippen molar-refractivity contribution in [2.45, 2.75) is 56.1 Å². The van der Waals surface area contributed by atoms with Gasteiger partial charge in [0.2, 0.25) is 23.5 Å². The number of aromatic nitrogens is 4. The molecule has 4 aliphatic rings. The molecule has 0 bridgehead atoms. The molecule has 246 valence electrons. The lowest BCUT2D eigenvalue weighted by Gasteiger charge is -2.53. The van der Waals surface area contributed by atoms with Gasteiger partial charge in [0, 0.05) is 33.2 Å². The summed E-state index contributed by atoms with van der Waals surface area (Å²) in [6.45, 7) is 5.72. The molecule has 1 N–H and O–H groups in total. The van der Waals surface area contributed by atoms with Crippen molar-refractivity contribution in [1.82, 2.24) is 19.9 Å². The van der Waals surface area contributed by atoms with Crippen LogP contribution in [0.25, 0.3) is 11.6 Å². The zero-order chi connectivity index (χ0) is 32.0. The SMILES string of the molecule is COC1CCN(c2cnc(O[C@H]3C[C@@H](C(=O)O)N(c4nc(-c5ccco5)nc(C(F)F)n4)C3)c(N3CCOC4(COC4)[C@@H]3C)c2)C1. The summed E-state index contributed by atoms with van der Waals surface area (Å²) in [6, 6.07) is 3.96. The van der Waals surface area contributed by atoms with Crippen LogP contribution in [0.4, 0.5) is 26.1 Å². The van der Waals surface area contributed by atoms with Gasteiger partial charge in [0.1, 0.15) is 23.4 Å². The summed E-state index contributed by atoms with van der Waals surface area (Å²) in [7, 11) is 1.71. The highest BCUT2D eigenvalue weighted by molar-refractivity contribution is 5.78. The number of methoxy groups -OCH3 is 1. The van der Waals surface area contributed by atoms with E-state index in [1.807, 2.05) is 6.07 Å². The normalized spacial score (nSPS) is 25.8. The van der Waals surface area contributed by atoms with Crippen molar-refractivity contribution in [2.75, 3.05) is 67.8 Å². The molecule has 0 radical (unpaired) electrons. The molecule has 1 spiro atoms. The van der Waals surface area contributed by atoms with Crippen molar-refractivity contribution in [3.05, 3.63) is 36.5 Å². The monoisotopic (exact) mass is 643 g/mol. The van der Waals surface area contributed by atoms with E-state index < -0.39 is 36.0 Å². The number of pyridine rings is 1. The fraction of sp³-hybridized carbons (Fsp3) is 0.567. The van der Waals surface area contributed by atoms with Crippen molar-refractivity contribution in [3.63, 3.8) is 0 Å². The highest BCUT2D eigenvalue weighted by atomic mass is 19.3. The Labute approximate surface area is 263 Å². The van der Waals surface area contributed by atoms with Crippen molar-refractivity contribution in [3.8, 4) is 17.5 Å². The van der Waals surface area contributed by atoms with E-state index in [2.05, 4.69) is 31.7 Å². The zero-order valence-electron chi connectivity index (χ0n) is 25.4. The first-order valence-corrected chi connectivity index (χ1v) is 15.2. The van der Waals surface area contributed by atoms with Crippen molar-refractivity contribution in [2.24, 2.45) is 0 Å². The lowest BCUT2D eigenvalue weighted by atomic mass is 9.90. The van der Waals surface area contributed by atoms with Gasteiger partial charge in [-0.25, -0.2) is 23.5 Å². The molecule has 1 unspecified atom stereocenters. The van der Waals surface area contributed by atoms with Gasteiger partial charge < -0.3 is 43.2 Å². The molecule has 4 aliphatic heterocycles. The van der Waals surface area contributed by atoms with E-state index in [4.69, 9.17) is 28.3 Å². The Morgan fingerprint density at radius 2 is 2.00 bits per heavy atom. The number of anilines is 3. The van der Waals surface area contributed by atoms with Gasteiger partial charge in [-0.05, 0) is 31.5 Å². The first-order chi connectivity index (χ1) is 22.2. The Balaban J connectivity index is 1.20. The number of carboxylic acids is 1. The lowest BCUT2D eigenvalue weighted by molar-refractivity contribution is -0.228. The van der Waals surface area contributed by atoms with Crippen LogP contribution < -0.4 is 19.4 Å². The van der Waals surface area contributed by atoms with E-state index in [0.717, 1.165) is 30.9 Å². The minimum atomic E-state index is -3.01. The molecule has 46 heavy (non-hydrogen) atoms. The predicted octanol–water partition coefficient (Wildman–Crippen LogP) is 2.79. The molecule has 14 nitrogen and oxygen atoms in total. The first kappa shape index (κ1) is 30.5. The van der Waals surface area contributed by atoms with Crippen molar-refractivity contribution in [1.29, 1.82) is 0 Å². The van der Waals surface area contributed by atoms with Crippen LogP contribution in [0.2, 0.25) is 0 Å². The summed E-state index contributed by atoms with van der Waals surface area (Å²) in [5.74, 6) is -1.77. The van der Waals surface area contributed by atoms with Crippen LogP contribution in [-0.4, -0.2) is 114 Å². The van der Waals surface area contributed by atoms with Gasteiger partial charge in [-0.3, -0.25) is 0 Å². The van der Waals surface area contributed by atoms with Crippen LogP contribution in [0.15, 0.2) is 35.1 Å². The number of hydrogen-bond acceptors (Lipinski definition) is 13. The van der Waals surface area contributed by atoms with Crippen LogP contribution in [0, 0.1) is 0 Å². The second kappa shape index (κ2) is 12.2. The molecule has 0 amide bonds. The summed E-state index contributed by atoms with van der Waals surface area (Å²) in [4.78, 5) is 35.0. The average molecular weight is 644 g/mol. The predicted molar refractivity (Wildman–Crippen MR) is 158 cm³/mol. The molecule has 0 saturated carbocycles. The third kappa shape index (κ3) is 5.58. The second-order valence-corrected chi connectivity index (χ2v) is 12.0. The number of hydrogen-bond donors (Lipinski definition) is 1. The van der Waals surface area contributed by atoms with Gasteiger partial charge in [-0.15, -0.1) is 0 Å². The fourth-order valence-corrected chi connectivity index (χ4v) is 6.58. The number of carbonyl (C=O) groups is 1. The summed E-state index contributed by atoms with van der Waals surface area (Å²) in [5.41, 5.74) is 1.24. The smallest absolute Gasteiger partial charge is 0.326 e. The van der Waals surface area contributed by atoms with E-state index in [1.54, 1.807) is 19.4 Å². The van der Waals surface area contributed by atoms with E-state index >= 15 is 0 Å². The van der Waals surface area contributed by atoms with Crippen molar-refractivity contribution < 1.29 is 42.0 Å². The lowest BCUT2D eigenvalue weighted by Crippen LogP contribution is -2.68. The van der Waals surface area contributed by atoms with Crippen LogP contribution in [0.5, 0.6) is 5.88 Å². The Hall–Kier alpha value is -4.15. The minimum absolute atomic E-state index is 0.0161. The standard InChI is InChI=1S/C30H35F2N7O7/c1-17-30(15-43-16-30)45-9-7-38(17)21-10-18(37-6-5-19(13-37)42-2)12-33-27(21)46-20-11-22(28(40)41)39(14-20)29-35-25(23-4-3-8-44-23)34-26(36-29)24(31)32/h3-4,8,10,12,17,19-20,22,24H,5-7,9,11,13-16H2,1-2H3,(H,40,41)/t17-,19?,20-,22-/m0/s1. The maximum atomic E-state index is 13.8. The Kier molecular flexibility index (Phi) is 8.10. The van der Waals surface area contributed by atoms with Crippen LogP contribution >= 0.6 is 0 Å². The number of furan rings is 1. The van der Waals surface area contributed by atoms with Gasteiger partial charge in [0.25, 0.3) is 6.43 Å². The molecule has 0 aromatic carbocycles. The number of rotatable bonds is 9. The number of ether oxygens (including phenoxy) is 4. The number of morpholine rings is 1. The summed E-state index contributed by atoms with van der Waals surface area (Å²) >= 11 is 0. The maximum Gasteiger partial charge on any atom is 0.326 e. The number of nitrogens with zero attached hydrogens (tertiary/aromatic N) is 7. The highest BCUT2D eigenvalue weighted by Crippen LogP contribution is 2.41. The average Bonchev–Trinajstić information content (AvgIpc) is 3.82. The molecular weight excluding hydrogens is 608 g/mol. The number of aliphatic carboxylic acids is 1. The Morgan fingerprint density at radius 1 is 1.15 bits per heavy atom. The Bertz CT molecular complexity index is 1560. The van der Waals surface area contributed by atoms with Gasteiger partial charge in [0.15, 0.2) is 5.76 Å². The fourth-order valence-electron chi connectivity index (χ4n) is 6.58. The highest BCUT2D eigenvalue weighted by Gasteiger charge is 2.50. The van der Waals surface area contributed by atoms with Gasteiger partial charge in [0.05, 0.1) is 56.7 Å². The summed E-state index contributed by atoms with van der Waals surface area (Å²) in [5, 5.41) is 10.1. The molecule has 3 aromatic rings. The van der Waals surface area contributed by atoms with E-state index in [9.17, 15) is 18.7 Å². The van der Waals surface area contributed by atoms with Crippen molar-refractivity contribution >= 4 is 23.3 Å². The molecule has 7 rings (SSSR count). The molecule has 4 atom stereocenters. The molecule has 0 aliphatic carbocycles. The number of carboxylic acid groups (broad SMARTS) is 1. The Morgan fingerprint density at radius 3 is 2.67 bits per heavy atom. The molecular formula is C30H35F2N7O7. The molecule has 3 aromatic heterocycles. The number of halogens is 2. The second-order valence-electron chi connectivity index (χ2n) is 12.0. The minimum Gasteiger partial charge on any atom is -0.480 e. The summed E-state index contributed by atoms with van der Waals surface area (Å²) < 4.78 is 56.7. The first-order valence-electron chi connectivity index (χ1n) is 15.2. The third-order valence-corrected chi connectivity index (χ3v) is 9.27. The van der Waals surface area contributed by atoms with E-state index in [0.29, 0.717) is 32.2 Å². The van der Waals surface area contributed by atoms with Crippen LogP contribution in [0.3, 0.4) is 0 Å². The summed E-state index contributed by atoms with van der Waals surface area (Å²) in [6.07, 6.45) is 0.519. The molecule has 4 saturated heterocycles. The zero-order valence-corrected chi connectivity index (χ0v) is 25.4. The molecule has 7 heterocycles. The molecule has 16 heteroatoms. The largest absolute Gasteiger partial charge is 0.480 e. The maximum absolute atomic E-state index is 13.8. The quantitative estimate of drug-likeness (QED) is 0.364. The van der Waals surface area contributed by atoms with Gasteiger partial charge in [-0.2, -0.15) is 9.97 Å². The molecule has 4 fully saturated rings. The van der Waals surface area contributed by atoms with Crippen LogP contribution in [-0.2, 0) is 19.0 Å². The van der Waals surface area contributed by atoms with E-state index in [1.165, 1.54) is 17.2 Å². The van der Waals surface area contributed by atoms with E-state index in [-0.39, 0.29) is 42.6 Å². The van der Waals surface area contributed by atoms with Crippen LogP contribution in [0.1, 0.15) is 32.0 Å².